The van der Waals surface area contributed by atoms with Gasteiger partial charge in [-0.15, -0.1) is 0 Å². The van der Waals surface area contributed by atoms with Gasteiger partial charge in [0.05, 0.1) is 38.8 Å². The third kappa shape index (κ3) is 5.04. The van der Waals surface area contributed by atoms with Crippen LogP contribution < -0.4 is 14.8 Å². The Morgan fingerprint density at radius 3 is 2.18 bits per heavy atom. The molecule has 182 valence electrons. The minimum Gasteiger partial charge on any atom is -0.496 e. The highest BCUT2D eigenvalue weighted by molar-refractivity contribution is 5.96. The molecule has 2 aromatic carbocycles. The lowest BCUT2D eigenvalue weighted by molar-refractivity contribution is -0.151. The van der Waals surface area contributed by atoms with Crippen molar-refractivity contribution in [2.75, 3.05) is 19.5 Å². The first-order valence-corrected chi connectivity index (χ1v) is 11.9. The van der Waals surface area contributed by atoms with Gasteiger partial charge in [0.2, 0.25) is 5.91 Å². The molecule has 2 unspecified atom stereocenters. The second-order valence-electron chi connectivity index (χ2n) is 9.21. The van der Waals surface area contributed by atoms with Gasteiger partial charge in [0.25, 0.3) is 0 Å². The minimum absolute atomic E-state index is 0.243. The average Bonchev–Trinajstić information content (AvgIpc) is 3.30. The smallest absolute Gasteiger partial charge is 0.307 e. The second kappa shape index (κ2) is 10.5. The van der Waals surface area contributed by atoms with Crippen LogP contribution in [0, 0.1) is 18.8 Å². The summed E-state index contributed by atoms with van der Waals surface area (Å²) in [6, 6.07) is 9.70. The Morgan fingerprint density at radius 2 is 1.62 bits per heavy atom. The van der Waals surface area contributed by atoms with E-state index in [1.807, 2.05) is 37.3 Å². The van der Waals surface area contributed by atoms with Gasteiger partial charge in [0.1, 0.15) is 11.5 Å². The van der Waals surface area contributed by atoms with E-state index in [0.29, 0.717) is 25.1 Å². The molecular formula is C27H33NO6. The summed E-state index contributed by atoms with van der Waals surface area (Å²) in [5, 5.41) is 12.2. The quantitative estimate of drug-likeness (QED) is 0.527. The Bertz CT molecular complexity index is 1030. The number of nitrogens with one attached hydrogen (secondary N) is 1. The fourth-order valence-electron chi connectivity index (χ4n) is 4.92. The summed E-state index contributed by atoms with van der Waals surface area (Å²) in [4.78, 5) is 24.0. The number of carboxylic acid groups (broad SMARTS) is 1. The molecule has 2 atom stereocenters. The Kier molecular flexibility index (Phi) is 7.41. The molecule has 2 aliphatic rings. The fraction of sp³-hybridized carbons (Fsp3) is 0.481. The van der Waals surface area contributed by atoms with E-state index in [-0.39, 0.29) is 12.0 Å². The zero-order chi connectivity index (χ0) is 24.2. The first-order valence-electron chi connectivity index (χ1n) is 11.9. The Morgan fingerprint density at radius 1 is 0.971 bits per heavy atom. The number of carboxylic acids is 1. The molecule has 1 amide bonds. The standard InChI is InChI=1S/C27H33NO6/c1-16-24(32-2)13-17(14-25(16)33-3)21-9-8-19(12-18(21)15-34-20-6-4-5-7-20)28-26(29)22-10-11-23(22)27(30)31/h8-9,12-14,20,22-23H,4-7,10-11,15H2,1-3H3,(H,28,29)(H,30,31). The number of benzene rings is 2. The van der Waals surface area contributed by atoms with Crippen LogP contribution in [0.1, 0.15) is 49.7 Å². The molecule has 0 aromatic heterocycles. The minimum atomic E-state index is -0.908. The highest BCUT2D eigenvalue weighted by Crippen LogP contribution is 2.38. The van der Waals surface area contributed by atoms with E-state index in [1.165, 1.54) is 12.8 Å². The number of carbonyl (C=O) groups excluding carboxylic acids is 1. The number of hydrogen-bond donors (Lipinski definition) is 2. The molecule has 2 N–H and O–H groups in total. The van der Waals surface area contributed by atoms with E-state index in [0.717, 1.165) is 46.6 Å². The van der Waals surface area contributed by atoms with Crippen LogP contribution in [0.15, 0.2) is 30.3 Å². The van der Waals surface area contributed by atoms with E-state index in [9.17, 15) is 14.7 Å². The Balaban J connectivity index is 1.63. The topological polar surface area (TPSA) is 94.1 Å². The van der Waals surface area contributed by atoms with Crippen molar-refractivity contribution in [1.29, 1.82) is 0 Å². The van der Waals surface area contributed by atoms with Crippen LogP contribution >= 0.6 is 0 Å². The number of ether oxygens (including phenoxy) is 3. The van der Waals surface area contributed by atoms with Gasteiger partial charge in [-0.2, -0.15) is 0 Å². The lowest BCUT2D eigenvalue weighted by Gasteiger charge is -2.32. The highest BCUT2D eigenvalue weighted by atomic mass is 16.5. The van der Waals surface area contributed by atoms with Crippen LogP contribution in [0.4, 0.5) is 5.69 Å². The summed E-state index contributed by atoms with van der Waals surface area (Å²) in [5.74, 6) is -0.765. The van der Waals surface area contributed by atoms with Crippen molar-refractivity contribution in [3.63, 3.8) is 0 Å². The molecule has 4 rings (SSSR count). The van der Waals surface area contributed by atoms with Crippen molar-refractivity contribution in [1.82, 2.24) is 0 Å². The summed E-state index contributed by atoms with van der Waals surface area (Å²) in [7, 11) is 3.28. The molecular weight excluding hydrogens is 434 g/mol. The van der Waals surface area contributed by atoms with Gasteiger partial charge < -0.3 is 24.6 Å². The summed E-state index contributed by atoms with van der Waals surface area (Å²) < 4.78 is 17.4. The predicted molar refractivity (Wildman–Crippen MR) is 129 cm³/mol. The zero-order valence-electron chi connectivity index (χ0n) is 20.1. The molecule has 7 nitrogen and oxygen atoms in total. The molecule has 2 aliphatic carbocycles. The third-order valence-electron chi connectivity index (χ3n) is 7.14. The van der Waals surface area contributed by atoms with Crippen molar-refractivity contribution < 1.29 is 28.9 Å². The van der Waals surface area contributed by atoms with Gasteiger partial charge in [-0.25, -0.2) is 0 Å². The molecule has 0 aliphatic heterocycles. The third-order valence-corrected chi connectivity index (χ3v) is 7.14. The summed E-state index contributed by atoms with van der Waals surface area (Å²) in [6.07, 6.45) is 5.90. The van der Waals surface area contributed by atoms with Gasteiger partial charge >= 0.3 is 5.97 Å². The Hall–Kier alpha value is -3.06. The largest absolute Gasteiger partial charge is 0.496 e. The van der Waals surface area contributed by atoms with Crippen molar-refractivity contribution in [3.8, 4) is 22.6 Å². The zero-order valence-corrected chi connectivity index (χ0v) is 20.1. The van der Waals surface area contributed by atoms with Gasteiger partial charge in [0, 0.05) is 11.3 Å². The van der Waals surface area contributed by atoms with Crippen LogP contribution in [0.3, 0.4) is 0 Å². The molecule has 0 saturated heterocycles. The predicted octanol–water partition coefficient (Wildman–Crippen LogP) is 5.19. The van der Waals surface area contributed by atoms with Crippen molar-refractivity contribution in [2.24, 2.45) is 11.8 Å². The lowest BCUT2D eigenvalue weighted by Crippen LogP contribution is -2.41. The maximum Gasteiger partial charge on any atom is 0.307 e. The van der Waals surface area contributed by atoms with Crippen molar-refractivity contribution in [3.05, 3.63) is 41.5 Å². The number of rotatable bonds is 9. The van der Waals surface area contributed by atoms with Crippen LogP contribution in [0.2, 0.25) is 0 Å². The van der Waals surface area contributed by atoms with Crippen LogP contribution in [0.25, 0.3) is 11.1 Å². The van der Waals surface area contributed by atoms with Crippen LogP contribution in [-0.2, 0) is 20.9 Å². The molecule has 0 bridgehead atoms. The molecule has 2 aromatic rings. The first kappa shape index (κ1) is 24.1. The number of amides is 1. The number of hydrogen-bond acceptors (Lipinski definition) is 5. The number of anilines is 1. The second-order valence-corrected chi connectivity index (χ2v) is 9.21. The lowest BCUT2D eigenvalue weighted by atomic mass is 9.73. The molecule has 2 saturated carbocycles. The number of methoxy groups -OCH3 is 2. The average molecular weight is 468 g/mol. The molecule has 0 radical (unpaired) electrons. The van der Waals surface area contributed by atoms with Gasteiger partial charge in [-0.3, -0.25) is 9.59 Å². The van der Waals surface area contributed by atoms with Gasteiger partial charge in [-0.1, -0.05) is 18.9 Å². The van der Waals surface area contributed by atoms with E-state index < -0.39 is 17.8 Å². The summed E-state index contributed by atoms with van der Waals surface area (Å²) in [5.41, 5.74) is 4.42. The normalized spacial score (nSPS) is 20.0. The molecule has 7 heteroatoms. The van der Waals surface area contributed by atoms with Crippen LogP contribution in [-0.4, -0.2) is 37.3 Å². The van der Waals surface area contributed by atoms with E-state index >= 15 is 0 Å². The van der Waals surface area contributed by atoms with Gasteiger partial charge in [0.15, 0.2) is 0 Å². The fourth-order valence-corrected chi connectivity index (χ4v) is 4.92. The molecule has 0 heterocycles. The first-order chi connectivity index (χ1) is 16.4. The highest BCUT2D eigenvalue weighted by Gasteiger charge is 2.41. The van der Waals surface area contributed by atoms with E-state index in [4.69, 9.17) is 14.2 Å². The number of aliphatic carboxylic acids is 1. The van der Waals surface area contributed by atoms with Crippen LogP contribution in [0.5, 0.6) is 11.5 Å². The van der Waals surface area contributed by atoms with E-state index in [2.05, 4.69) is 5.32 Å². The SMILES string of the molecule is COc1cc(-c2ccc(NC(=O)C3CCC3C(=O)O)cc2COC2CCCC2)cc(OC)c1C. The van der Waals surface area contributed by atoms with E-state index in [1.54, 1.807) is 14.2 Å². The molecule has 0 spiro atoms. The van der Waals surface area contributed by atoms with Gasteiger partial charge in [-0.05, 0) is 73.6 Å². The van der Waals surface area contributed by atoms with Crippen molar-refractivity contribution >= 4 is 17.6 Å². The Labute approximate surface area is 200 Å². The summed E-state index contributed by atoms with van der Waals surface area (Å²) in [6.45, 7) is 2.37. The maximum atomic E-state index is 12.7. The molecule has 34 heavy (non-hydrogen) atoms. The monoisotopic (exact) mass is 467 g/mol. The molecule has 2 fully saturated rings. The van der Waals surface area contributed by atoms with Crippen molar-refractivity contribution in [2.45, 2.75) is 58.2 Å². The maximum absolute atomic E-state index is 12.7. The summed E-state index contributed by atoms with van der Waals surface area (Å²) >= 11 is 0. The number of carbonyl (C=O) groups is 2.